The number of aromatic nitrogens is 2. The SMILES string of the molecule is Cc1cccc(Cc2nc3c(c(N4CCOCC4)n2)CN(C(=O)Nc2ccccc2)CC3)c1. The van der Waals surface area contributed by atoms with E-state index in [9.17, 15) is 4.79 Å². The Bertz CT molecular complexity index is 1130. The van der Waals surface area contributed by atoms with Crippen LogP contribution in [0.1, 0.15) is 28.2 Å². The quantitative estimate of drug-likeness (QED) is 0.664. The first-order chi connectivity index (χ1) is 16.2. The number of hydrogen-bond donors (Lipinski definition) is 1. The third kappa shape index (κ3) is 4.98. The first-order valence-corrected chi connectivity index (χ1v) is 11.5. The number of anilines is 2. The first kappa shape index (κ1) is 21.4. The first-order valence-electron chi connectivity index (χ1n) is 11.5. The summed E-state index contributed by atoms with van der Waals surface area (Å²) in [7, 11) is 0. The van der Waals surface area contributed by atoms with Gasteiger partial charge in [-0.25, -0.2) is 14.8 Å². The lowest BCUT2D eigenvalue weighted by Gasteiger charge is -2.34. The van der Waals surface area contributed by atoms with E-state index in [1.54, 1.807) is 0 Å². The third-order valence-electron chi connectivity index (χ3n) is 6.15. The van der Waals surface area contributed by atoms with Gasteiger partial charge in [-0.1, -0.05) is 48.0 Å². The van der Waals surface area contributed by atoms with Gasteiger partial charge in [0, 0.05) is 43.7 Å². The van der Waals surface area contributed by atoms with Gasteiger partial charge in [0.15, 0.2) is 0 Å². The number of aryl methyl sites for hydroxylation is 1. The van der Waals surface area contributed by atoms with Gasteiger partial charge in [0.2, 0.25) is 0 Å². The number of carbonyl (C=O) groups excluding carboxylic acids is 1. The summed E-state index contributed by atoms with van der Waals surface area (Å²) in [6.45, 7) is 6.20. The Hall–Kier alpha value is -3.45. The fourth-order valence-corrected chi connectivity index (χ4v) is 4.46. The Morgan fingerprint density at radius 1 is 1.03 bits per heavy atom. The molecule has 7 nitrogen and oxygen atoms in total. The van der Waals surface area contributed by atoms with Gasteiger partial charge in [-0.05, 0) is 24.6 Å². The molecule has 0 bridgehead atoms. The number of amides is 2. The van der Waals surface area contributed by atoms with Crippen molar-refractivity contribution in [3.63, 3.8) is 0 Å². The fraction of sp³-hybridized carbons (Fsp3) is 0.346. The lowest BCUT2D eigenvalue weighted by atomic mass is 10.0. The van der Waals surface area contributed by atoms with E-state index >= 15 is 0 Å². The third-order valence-corrected chi connectivity index (χ3v) is 6.15. The average molecular weight is 444 g/mol. The number of morpholine rings is 1. The van der Waals surface area contributed by atoms with Gasteiger partial charge in [0.05, 0.1) is 25.5 Å². The van der Waals surface area contributed by atoms with Crippen LogP contribution in [0.25, 0.3) is 0 Å². The molecule has 0 saturated carbocycles. The second-order valence-electron chi connectivity index (χ2n) is 8.62. The van der Waals surface area contributed by atoms with Crippen molar-refractivity contribution in [3.05, 3.63) is 82.8 Å². The smallest absolute Gasteiger partial charge is 0.322 e. The number of rotatable bonds is 4. The Balaban J connectivity index is 1.42. The van der Waals surface area contributed by atoms with Crippen molar-refractivity contribution in [2.45, 2.75) is 26.3 Å². The fourth-order valence-electron chi connectivity index (χ4n) is 4.46. The van der Waals surface area contributed by atoms with Crippen molar-refractivity contribution in [1.82, 2.24) is 14.9 Å². The minimum absolute atomic E-state index is 0.0939. The molecule has 2 aliphatic heterocycles. The zero-order chi connectivity index (χ0) is 22.6. The van der Waals surface area contributed by atoms with E-state index in [2.05, 4.69) is 41.4 Å². The Morgan fingerprint density at radius 3 is 2.64 bits per heavy atom. The highest BCUT2D eigenvalue weighted by molar-refractivity contribution is 5.89. The van der Waals surface area contributed by atoms with Gasteiger partial charge >= 0.3 is 6.03 Å². The molecule has 0 radical (unpaired) electrons. The van der Waals surface area contributed by atoms with E-state index in [-0.39, 0.29) is 6.03 Å². The van der Waals surface area contributed by atoms with Gasteiger partial charge in [0.1, 0.15) is 11.6 Å². The van der Waals surface area contributed by atoms with Crippen LogP contribution < -0.4 is 10.2 Å². The van der Waals surface area contributed by atoms with Crippen molar-refractivity contribution < 1.29 is 9.53 Å². The monoisotopic (exact) mass is 443 g/mol. The van der Waals surface area contributed by atoms with Crippen molar-refractivity contribution in [1.29, 1.82) is 0 Å². The highest BCUT2D eigenvalue weighted by atomic mass is 16.5. The zero-order valence-electron chi connectivity index (χ0n) is 19.0. The van der Waals surface area contributed by atoms with Crippen LogP contribution in [0.3, 0.4) is 0 Å². The van der Waals surface area contributed by atoms with Gasteiger partial charge in [-0.15, -0.1) is 0 Å². The summed E-state index contributed by atoms with van der Waals surface area (Å²) >= 11 is 0. The zero-order valence-corrected chi connectivity index (χ0v) is 19.0. The van der Waals surface area contributed by atoms with Gasteiger partial charge < -0.3 is 19.9 Å². The summed E-state index contributed by atoms with van der Waals surface area (Å²) in [5, 5.41) is 3.00. The lowest BCUT2D eigenvalue weighted by Crippen LogP contribution is -2.42. The largest absolute Gasteiger partial charge is 0.378 e. The van der Waals surface area contributed by atoms with Crippen LogP contribution in [0.2, 0.25) is 0 Å². The number of para-hydroxylation sites is 1. The second-order valence-corrected chi connectivity index (χ2v) is 8.62. The van der Waals surface area contributed by atoms with Crippen LogP contribution in [-0.2, 0) is 24.1 Å². The molecule has 1 saturated heterocycles. The molecule has 3 aromatic rings. The summed E-state index contributed by atoms with van der Waals surface area (Å²) in [5.74, 6) is 1.78. The van der Waals surface area contributed by atoms with Crippen LogP contribution in [-0.4, -0.2) is 53.7 Å². The van der Waals surface area contributed by atoms with Crippen molar-refractivity contribution in [2.75, 3.05) is 43.1 Å². The number of hydrogen-bond acceptors (Lipinski definition) is 5. The maximum atomic E-state index is 12.9. The standard InChI is InChI=1S/C26H29N5O2/c1-19-6-5-7-20(16-19)17-24-28-23-10-11-31(26(32)27-21-8-3-2-4-9-21)18-22(23)25(29-24)30-12-14-33-15-13-30/h2-9,16H,10-15,17-18H2,1H3,(H,27,32). The van der Waals surface area contributed by atoms with E-state index in [1.807, 2.05) is 35.2 Å². The topological polar surface area (TPSA) is 70.6 Å². The van der Waals surface area contributed by atoms with Crippen LogP contribution in [0, 0.1) is 6.92 Å². The molecule has 7 heteroatoms. The molecule has 0 unspecified atom stereocenters. The van der Waals surface area contributed by atoms with E-state index in [0.717, 1.165) is 48.1 Å². The highest BCUT2D eigenvalue weighted by Gasteiger charge is 2.28. The molecular weight excluding hydrogens is 414 g/mol. The molecule has 0 spiro atoms. The predicted octanol–water partition coefficient (Wildman–Crippen LogP) is 3.80. The number of ether oxygens (including phenoxy) is 1. The van der Waals surface area contributed by atoms with Crippen LogP contribution in [0.4, 0.5) is 16.3 Å². The van der Waals surface area contributed by atoms with Crippen LogP contribution in [0.5, 0.6) is 0 Å². The minimum Gasteiger partial charge on any atom is -0.378 e. The van der Waals surface area contributed by atoms with Gasteiger partial charge in [-0.2, -0.15) is 0 Å². The number of nitrogens with zero attached hydrogens (tertiary/aromatic N) is 4. The van der Waals surface area contributed by atoms with E-state index < -0.39 is 0 Å². The van der Waals surface area contributed by atoms with Crippen molar-refractivity contribution >= 4 is 17.5 Å². The molecule has 170 valence electrons. The molecule has 5 rings (SSSR count). The Kier molecular flexibility index (Phi) is 6.21. The maximum absolute atomic E-state index is 12.9. The molecule has 1 aromatic heterocycles. The van der Waals surface area contributed by atoms with E-state index in [0.29, 0.717) is 32.7 Å². The molecular formula is C26H29N5O2. The van der Waals surface area contributed by atoms with Gasteiger partial charge in [-0.3, -0.25) is 0 Å². The molecule has 0 aliphatic carbocycles. The summed E-state index contributed by atoms with van der Waals surface area (Å²) in [4.78, 5) is 27.0. The summed E-state index contributed by atoms with van der Waals surface area (Å²) in [6, 6.07) is 18.0. The normalized spacial score (nSPS) is 15.8. The molecule has 0 atom stereocenters. The van der Waals surface area contributed by atoms with E-state index in [4.69, 9.17) is 14.7 Å². The van der Waals surface area contributed by atoms with Crippen LogP contribution in [0.15, 0.2) is 54.6 Å². The lowest BCUT2D eigenvalue weighted by molar-refractivity contribution is 0.122. The highest BCUT2D eigenvalue weighted by Crippen LogP contribution is 2.28. The molecule has 2 aromatic carbocycles. The van der Waals surface area contributed by atoms with Crippen molar-refractivity contribution in [3.8, 4) is 0 Å². The number of fused-ring (bicyclic) bond motifs is 1. The minimum atomic E-state index is -0.0939. The second kappa shape index (κ2) is 9.58. The number of carbonyl (C=O) groups is 1. The van der Waals surface area contributed by atoms with E-state index in [1.165, 1.54) is 11.1 Å². The Morgan fingerprint density at radius 2 is 1.85 bits per heavy atom. The summed E-state index contributed by atoms with van der Waals surface area (Å²) < 4.78 is 5.57. The molecule has 3 heterocycles. The molecule has 33 heavy (non-hydrogen) atoms. The average Bonchev–Trinajstić information content (AvgIpc) is 2.84. The van der Waals surface area contributed by atoms with Crippen LogP contribution >= 0.6 is 0 Å². The molecule has 2 amide bonds. The Labute approximate surface area is 194 Å². The molecule has 1 fully saturated rings. The summed E-state index contributed by atoms with van der Waals surface area (Å²) in [5.41, 5.74) is 5.35. The number of benzene rings is 2. The predicted molar refractivity (Wildman–Crippen MR) is 129 cm³/mol. The van der Waals surface area contributed by atoms with Gasteiger partial charge in [0.25, 0.3) is 0 Å². The molecule has 2 aliphatic rings. The number of urea groups is 1. The molecule has 1 N–H and O–H groups in total. The van der Waals surface area contributed by atoms with Crippen molar-refractivity contribution in [2.24, 2.45) is 0 Å². The summed E-state index contributed by atoms with van der Waals surface area (Å²) in [6.07, 6.45) is 1.42. The maximum Gasteiger partial charge on any atom is 0.322 e. The number of nitrogens with one attached hydrogen (secondary N) is 1.